The van der Waals surface area contributed by atoms with E-state index in [0.717, 1.165) is 6.07 Å². The molecule has 80 valence electrons. The average molecular weight is 330 g/mol. The van der Waals surface area contributed by atoms with Gasteiger partial charge < -0.3 is 4.74 Å². The van der Waals surface area contributed by atoms with Crippen LogP contribution in [0.2, 0.25) is 0 Å². The van der Waals surface area contributed by atoms with E-state index in [1.807, 2.05) is 0 Å². The first kappa shape index (κ1) is 15.0. The maximum absolute atomic E-state index is 13.0. The molecule has 0 aliphatic rings. The second-order valence-corrected chi connectivity index (χ2v) is 3.70. The van der Waals surface area contributed by atoms with Gasteiger partial charge in [0.25, 0.3) is 0 Å². The topological polar surface area (TPSA) is 9.23 Å². The summed E-state index contributed by atoms with van der Waals surface area (Å²) in [5.74, 6) is -2.01. The van der Waals surface area contributed by atoms with E-state index in [1.165, 1.54) is 22.4 Å². The third kappa shape index (κ3) is 5.57. The molecule has 5 heteroatoms. The van der Waals surface area contributed by atoms with Crippen LogP contribution in [0.1, 0.15) is 20.8 Å². The van der Waals surface area contributed by atoms with Gasteiger partial charge in [0.05, 0.1) is 11.4 Å². The van der Waals surface area contributed by atoms with E-state index in [0.29, 0.717) is 0 Å². The van der Waals surface area contributed by atoms with Crippen LogP contribution in [0.3, 0.4) is 0 Å². The van der Waals surface area contributed by atoms with Crippen LogP contribution in [0.5, 0.6) is 5.75 Å². The summed E-state index contributed by atoms with van der Waals surface area (Å²) >= 11 is 4.25. The Morgan fingerprint density at radius 1 is 1.27 bits per heavy atom. The summed E-state index contributed by atoms with van der Waals surface area (Å²) in [6.07, 6.45) is 0. The molecule has 0 heterocycles. The number of halogens is 3. The molecule has 15 heavy (non-hydrogen) atoms. The van der Waals surface area contributed by atoms with Crippen molar-refractivity contribution in [3.05, 3.63) is 29.8 Å². The molecule has 1 rings (SSSR count). The van der Waals surface area contributed by atoms with E-state index in [-0.39, 0.29) is 5.75 Å². The zero-order chi connectivity index (χ0) is 12.1. The average Bonchev–Trinajstić information content (AvgIpc) is 2.14. The van der Waals surface area contributed by atoms with Gasteiger partial charge in [-0.2, -0.15) is 6.07 Å². The van der Waals surface area contributed by atoms with Crippen molar-refractivity contribution < 1.29 is 29.9 Å². The third-order valence-corrected chi connectivity index (χ3v) is 1.27. The van der Waals surface area contributed by atoms with E-state index in [9.17, 15) is 8.78 Å². The van der Waals surface area contributed by atoms with Crippen LogP contribution in [0.15, 0.2) is 12.1 Å². The standard InChI is InChI=1S/C10H11F2O.BrH.Zn/c1-10(2,3)13-8-6-4-5-7(11)9(8)12;;/h5-6H,1-3H3;1H;/q-1;;+2/p-1. The Morgan fingerprint density at radius 3 is 2.27 bits per heavy atom. The van der Waals surface area contributed by atoms with Gasteiger partial charge in [-0.05, 0) is 20.8 Å². The van der Waals surface area contributed by atoms with Crippen molar-refractivity contribution >= 4 is 13.6 Å². The molecule has 0 saturated heterocycles. The van der Waals surface area contributed by atoms with Crippen molar-refractivity contribution in [1.29, 1.82) is 0 Å². The van der Waals surface area contributed by atoms with Crippen molar-refractivity contribution in [3.63, 3.8) is 0 Å². The second-order valence-electron chi connectivity index (χ2n) is 3.70. The predicted octanol–water partition coefficient (Wildman–Crippen LogP) is 3.79. The van der Waals surface area contributed by atoms with Gasteiger partial charge in [-0.3, -0.25) is 4.39 Å². The van der Waals surface area contributed by atoms with Gasteiger partial charge in [-0.25, -0.2) is 4.39 Å². The molecule has 0 radical (unpaired) electrons. The maximum atomic E-state index is 13.0. The van der Waals surface area contributed by atoms with Crippen molar-refractivity contribution in [2.45, 2.75) is 26.4 Å². The van der Waals surface area contributed by atoms with Crippen molar-refractivity contribution in [2.24, 2.45) is 0 Å². The molecule has 0 aliphatic heterocycles. The normalized spacial score (nSPS) is 10.4. The fraction of sp³-hybridized carbons (Fsp3) is 0.400. The van der Waals surface area contributed by atoms with Gasteiger partial charge in [0, 0.05) is 11.6 Å². The molecule has 0 aromatic heterocycles. The summed E-state index contributed by atoms with van der Waals surface area (Å²) in [4.78, 5) is 0. The molecule has 0 unspecified atom stereocenters. The molecule has 0 atom stereocenters. The summed E-state index contributed by atoms with van der Waals surface area (Å²) in [5, 5.41) is 0. The van der Waals surface area contributed by atoms with E-state index in [4.69, 9.17) is 4.74 Å². The van der Waals surface area contributed by atoms with Gasteiger partial charge in [0.15, 0.2) is 0 Å². The van der Waals surface area contributed by atoms with E-state index >= 15 is 0 Å². The SMILES string of the molecule is CC(C)(C)Oc1c[c-]cc(F)c1F.[Zn+][Br]. The van der Waals surface area contributed by atoms with Gasteiger partial charge >= 0.3 is 30.0 Å². The van der Waals surface area contributed by atoms with Gasteiger partial charge in [-0.15, -0.1) is 12.1 Å². The van der Waals surface area contributed by atoms with Gasteiger partial charge in [0.2, 0.25) is 0 Å². The van der Waals surface area contributed by atoms with Crippen LogP contribution in [-0.4, -0.2) is 5.60 Å². The third-order valence-electron chi connectivity index (χ3n) is 1.27. The number of benzene rings is 1. The minimum atomic E-state index is -0.964. The zero-order valence-corrected chi connectivity index (χ0v) is 13.5. The van der Waals surface area contributed by atoms with E-state index in [2.05, 4.69) is 19.7 Å². The summed E-state index contributed by atoms with van der Waals surface area (Å²) < 4.78 is 30.8. The molecular weight excluding hydrogens is 319 g/mol. The second kappa shape index (κ2) is 6.54. The first-order chi connectivity index (χ1) is 6.90. The van der Waals surface area contributed by atoms with Crippen LogP contribution in [0.25, 0.3) is 0 Å². The monoisotopic (exact) mass is 328 g/mol. The molecule has 0 bridgehead atoms. The minimum absolute atomic E-state index is 0.104. The molecule has 0 spiro atoms. The fourth-order valence-electron chi connectivity index (χ4n) is 0.839. The summed E-state index contributed by atoms with van der Waals surface area (Å²) in [6, 6.07) is 4.67. The number of ether oxygens (including phenoxy) is 1. The number of hydrogen-bond donors (Lipinski definition) is 0. The number of rotatable bonds is 1. The van der Waals surface area contributed by atoms with Crippen LogP contribution in [0, 0.1) is 17.7 Å². The number of hydrogen-bond acceptors (Lipinski definition) is 1. The molecule has 1 nitrogen and oxygen atoms in total. The van der Waals surface area contributed by atoms with Crippen molar-refractivity contribution in [1.82, 2.24) is 0 Å². The predicted molar refractivity (Wildman–Crippen MR) is 54.5 cm³/mol. The molecule has 0 amide bonds. The molecule has 1 aromatic carbocycles. The summed E-state index contributed by atoms with van der Waals surface area (Å²) in [6.45, 7) is 5.28. The Balaban J connectivity index is 0.000000921. The Hall–Kier alpha value is -0.0166. The molecule has 0 N–H and O–H groups in total. The molecule has 0 fully saturated rings. The summed E-state index contributed by atoms with van der Waals surface area (Å²) in [7, 11) is 0. The van der Waals surface area contributed by atoms with Crippen LogP contribution < -0.4 is 4.74 Å². The van der Waals surface area contributed by atoms with Crippen molar-refractivity contribution in [3.8, 4) is 5.75 Å². The Bertz CT molecular complexity index is 313. The van der Waals surface area contributed by atoms with E-state index in [1.54, 1.807) is 20.8 Å². The molecule has 1 aromatic rings. The van der Waals surface area contributed by atoms with Crippen molar-refractivity contribution in [2.75, 3.05) is 0 Å². The molecular formula is C10H11BrF2OZn. The zero-order valence-electron chi connectivity index (χ0n) is 8.90. The Labute approximate surface area is 105 Å². The molecule has 0 saturated carbocycles. The Kier molecular flexibility index (Phi) is 6.53. The molecule has 0 aliphatic carbocycles. The van der Waals surface area contributed by atoms with Crippen LogP contribution >= 0.6 is 13.6 Å². The van der Waals surface area contributed by atoms with Crippen LogP contribution in [0.4, 0.5) is 8.78 Å². The van der Waals surface area contributed by atoms with Crippen LogP contribution in [-0.2, 0) is 16.3 Å². The Morgan fingerprint density at radius 2 is 1.80 bits per heavy atom. The van der Waals surface area contributed by atoms with Gasteiger partial charge in [-0.1, -0.05) is 0 Å². The fourth-order valence-corrected chi connectivity index (χ4v) is 0.839. The quantitative estimate of drug-likeness (QED) is 0.562. The van der Waals surface area contributed by atoms with Gasteiger partial charge in [0.1, 0.15) is 0 Å². The first-order valence-corrected chi connectivity index (χ1v) is 11.2. The first-order valence-electron chi connectivity index (χ1n) is 4.21. The summed E-state index contributed by atoms with van der Waals surface area (Å²) in [5.41, 5.74) is -0.539. The van der Waals surface area contributed by atoms with E-state index < -0.39 is 17.2 Å².